The molecule has 0 bridgehead atoms. The van der Waals surface area contributed by atoms with Crippen molar-refractivity contribution >= 4 is 28.2 Å². The number of methoxy groups -OCH3 is 1. The first kappa shape index (κ1) is 20.6. The van der Waals surface area contributed by atoms with Crippen LogP contribution in [-0.2, 0) is 20.4 Å². The molecule has 1 aromatic heterocycles. The second-order valence-electron chi connectivity index (χ2n) is 8.70. The number of nitrogens with two attached hydrogens (primary N) is 1. The highest BCUT2D eigenvalue weighted by Gasteiger charge is 2.37. The summed E-state index contributed by atoms with van der Waals surface area (Å²) in [6, 6.07) is 8.70. The van der Waals surface area contributed by atoms with E-state index in [0.717, 1.165) is 18.4 Å². The molecule has 3 N–H and O–H groups in total. The monoisotopic (exact) mass is 400 g/mol. The summed E-state index contributed by atoms with van der Waals surface area (Å²) in [5.41, 5.74) is 9.85. The Bertz CT molecular complexity index is 914. The van der Waals surface area contributed by atoms with Crippen LogP contribution in [0.4, 0.5) is 5.00 Å². The normalized spacial score (nSPS) is 18.1. The van der Waals surface area contributed by atoms with Crippen molar-refractivity contribution in [2.75, 3.05) is 12.4 Å². The Morgan fingerprint density at radius 2 is 1.71 bits per heavy atom. The van der Waals surface area contributed by atoms with E-state index in [4.69, 9.17) is 10.5 Å². The molecule has 150 valence electrons. The molecule has 0 radical (unpaired) electrons. The van der Waals surface area contributed by atoms with E-state index in [1.54, 1.807) is 12.1 Å². The third-order valence-corrected chi connectivity index (χ3v) is 6.74. The van der Waals surface area contributed by atoms with Crippen LogP contribution >= 0.6 is 11.3 Å². The van der Waals surface area contributed by atoms with Crippen LogP contribution in [0.3, 0.4) is 0 Å². The number of hydrogen-bond acceptors (Lipinski definition) is 5. The molecule has 1 unspecified atom stereocenters. The average molecular weight is 401 g/mol. The molecule has 0 aliphatic heterocycles. The number of rotatable bonds is 4. The van der Waals surface area contributed by atoms with Gasteiger partial charge in [-0.05, 0) is 52.5 Å². The summed E-state index contributed by atoms with van der Waals surface area (Å²) in [6.07, 6.45) is 2.24. The van der Waals surface area contributed by atoms with Crippen LogP contribution < -0.4 is 11.1 Å². The van der Waals surface area contributed by atoms with E-state index < -0.39 is 12.0 Å². The topological polar surface area (TPSA) is 81.4 Å². The molecule has 28 heavy (non-hydrogen) atoms. The largest absolute Gasteiger partial charge is 0.465 e. The van der Waals surface area contributed by atoms with Gasteiger partial charge in [-0.2, -0.15) is 0 Å². The highest BCUT2D eigenvalue weighted by Crippen LogP contribution is 2.46. The van der Waals surface area contributed by atoms with Crippen LogP contribution in [0.15, 0.2) is 30.3 Å². The minimum Gasteiger partial charge on any atom is -0.465 e. The number of esters is 1. The zero-order chi connectivity index (χ0) is 20.7. The molecule has 0 spiro atoms. The summed E-state index contributed by atoms with van der Waals surface area (Å²) in [5.74, 6) is -0.722. The second-order valence-corrected chi connectivity index (χ2v) is 9.78. The molecule has 1 aromatic carbocycles. The molecule has 3 rings (SSSR count). The molecule has 0 fully saturated rings. The van der Waals surface area contributed by atoms with Gasteiger partial charge >= 0.3 is 5.97 Å². The van der Waals surface area contributed by atoms with E-state index in [1.807, 2.05) is 6.07 Å². The number of thiophene rings is 1. The fourth-order valence-corrected chi connectivity index (χ4v) is 4.59. The van der Waals surface area contributed by atoms with Crippen LogP contribution in [0.25, 0.3) is 0 Å². The van der Waals surface area contributed by atoms with E-state index in [-0.39, 0.29) is 16.7 Å². The summed E-state index contributed by atoms with van der Waals surface area (Å²) in [6.45, 7) is 9.03. The maximum absolute atomic E-state index is 12.7. The Morgan fingerprint density at radius 3 is 2.36 bits per heavy atom. The molecule has 1 amide bonds. The Labute approximate surface area is 170 Å². The smallest absolute Gasteiger partial charge is 0.348 e. The molecular formula is C22H28N2O3S. The molecule has 2 aromatic rings. The SMILES string of the molecule is COC(=O)c1ccc(NC(=O)C(N)c2ccc3c(c2)C(C)(C)CCC3(C)C)s1. The Hall–Kier alpha value is -2.18. The van der Waals surface area contributed by atoms with E-state index in [0.29, 0.717) is 9.88 Å². The molecule has 1 aliphatic rings. The number of nitrogens with one attached hydrogen (secondary N) is 1. The van der Waals surface area contributed by atoms with Gasteiger partial charge in [0.15, 0.2) is 0 Å². The predicted molar refractivity (Wildman–Crippen MR) is 113 cm³/mol. The van der Waals surface area contributed by atoms with E-state index in [9.17, 15) is 9.59 Å². The van der Waals surface area contributed by atoms with Crippen molar-refractivity contribution in [2.24, 2.45) is 5.73 Å². The molecule has 5 nitrogen and oxygen atoms in total. The van der Waals surface area contributed by atoms with Gasteiger partial charge in [0.1, 0.15) is 10.9 Å². The molecule has 1 atom stereocenters. The van der Waals surface area contributed by atoms with Crippen molar-refractivity contribution in [1.29, 1.82) is 0 Å². The van der Waals surface area contributed by atoms with Gasteiger partial charge in [0, 0.05) is 0 Å². The number of fused-ring (bicyclic) bond motifs is 1. The van der Waals surface area contributed by atoms with Crippen molar-refractivity contribution < 1.29 is 14.3 Å². The molecule has 1 aliphatic carbocycles. The van der Waals surface area contributed by atoms with Gasteiger partial charge in [0.05, 0.1) is 12.1 Å². The number of carbonyl (C=O) groups excluding carboxylic acids is 2. The number of hydrogen-bond donors (Lipinski definition) is 2. The van der Waals surface area contributed by atoms with Gasteiger partial charge in [-0.25, -0.2) is 4.79 Å². The second kappa shape index (κ2) is 7.33. The van der Waals surface area contributed by atoms with Gasteiger partial charge in [-0.3, -0.25) is 4.79 Å². The number of carbonyl (C=O) groups is 2. The summed E-state index contributed by atoms with van der Waals surface area (Å²) < 4.78 is 4.69. The first-order valence-corrected chi connectivity index (χ1v) is 10.3. The standard InChI is InChI=1S/C22H28N2O3S/c1-21(2)10-11-22(3,4)15-12-13(6-7-14(15)21)18(23)19(25)24-17-9-8-16(28-17)20(26)27-5/h6-9,12,18H,10-11,23H2,1-5H3,(H,24,25). The molecule has 0 saturated carbocycles. The molecule has 6 heteroatoms. The lowest BCUT2D eigenvalue weighted by molar-refractivity contribution is -0.117. The lowest BCUT2D eigenvalue weighted by atomic mass is 9.63. The predicted octanol–water partition coefficient (Wildman–Crippen LogP) is 4.52. The maximum atomic E-state index is 12.7. The maximum Gasteiger partial charge on any atom is 0.348 e. The van der Waals surface area contributed by atoms with Crippen molar-refractivity contribution in [3.05, 3.63) is 51.9 Å². The number of benzene rings is 1. The first-order chi connectivity index (χ1) is 13.0. The third-order valence-electron chi connectivity index (χ3n) is 5.76. The summed E-state index contributed by atoms with van der Waals surface area (Å²) in [7, 11) is 1.33. The third kappa shape index (κ3) is 3.84. The van der Waals surface area contributed by atoms with Gasteiger partial charge in [-0.15, -0.1) is 11.3 Å². The molecule has 0 saturated heterocycles. The van der Waals surface area contributed by atoms with Crippen molar-refractivity contribution in [3.63, 3.8) is 0 Å². The van der Waals surface area contributed by atoms with Crippen LogP contribution in [0.5, 0.6) is 0 Å². The quantitative estimate of drug-likeness (QED) is 0.739. The first-order valence-electron chi connectivity index (χ1n) is 9.45. The number of ether oxygens (including phenoxy) is 1. The van der Waals surface area contributed by atoms with Crippen LogP contribution in [0.1, 0.15) is 72.9 Å². The van der Waals surface area contributed by atoms with Gasteiger partial charge < -0.3 is 15.8 Å². The fourth-order valence-electron chi connectivity index (χ4n) is 3.77. The minimum absolute atomic E-state index is 0.0558. The van der Waals surface area contributed by atoms with E-state index >= 15 is 0 Å². The summed E-state index contributed by atoms with van der Waals surface area (Å²) >= 11 is 1.17. The van der Waals surface area contributed by atoms with E-state index in [1.165, 1.54) is 29.6 Å². The molecule has 1 heterocycles. The molecular weight excluding hydrogens is 372 g/mol. The Balaban J connectivity index is 1.83. The number of anilines is 1. The highest BCUT2D eigenvalue weighted by molar-refractivity contribution is 7.18. The fraction of sp³-hybridized carbons (Fsp3) is 0.455. The van der Waals surface area contributed by atoms with Gasteiger partial charge in [0.25, 0.3) is 0 Å². The zero-order valence-electron chi connectivity index (χ0n) is 17.1. The average Bonchev–Trinajstić information content (AvgIpc) is 3.12. The van der Waals surface area contributed by atoms with Crippen LogP contribution in [0.2, 0.25) is 0 Å². The van der Waals surface area contributed by atoms with Crippen molar-refractivity contribution in [3.8, 4) is 0 Å². The minimum atomic E-state index is -0.783. The highest BCUT2D eigenvalue weighted by atomic mass is 32.1. The lowest BCUT2D eigenvalue weighted by Gasteiger charge is -2.42. The number of amides is 1. The van der Waals surface area contributed by atoms with Crippen LogP contribution in [-0.4, -0.2) is 19.0 Å². The Kier molecular flexibility index (Phi) is 5.38. The zero-order valence-corrected chi connectivity index (χ0v) is 17.9. The van der Waals surface area contributed by atoms with Gasteiger partial charge in [0.2, 0.25) is 5.91 Å². The Morgan fingerprint density at radius 1 is 1.07 bits per heavy atom. The summed E-state index contributed by atoms with van der Waals surface area (Å²) in [5, 5.41) is 3.37. The van der Waals surface area contributed by atoms with Gasteiger partial charge in [-0.1, -0.05) is 45.9 Å². The van der Waals surface area contributed by atoms with Crippen LogP contribution in [0, 0.1) is 0 Å². The van der Waals surface area contributed by atoms with Crippen molar-refractivity contribution in [1.82, 2.24) is 0 Å². The van der Waals surface area contributed by atoms with E-state index in [2.05, 4.69) is 45.1 Å². The lowest BCUT2D eigenvalue weighted by Crippen LogP contribution is -2.34. The summed E-state index contributed by atoms with van der Waals surface area (Å²) in [4.78, 5) is 24.7. The van der Waals surface area contributed by atoms with Crippen molar-refractivity contribution in [2.45, 2.75) is 57.4 Å².